The van der Waals surface area contributed by atoms with Gasteiger partial charge in [-0.2, -0.15) is 0 Å². The molecule has 0 aliphatic rings. The summed E-state index contributed by atoms with van der Waals surface area (Å²) in [6.07, 6.45) is 3.79. The molecule has 10 heteroatoms. The molecule has 1 heterocycles. The fourth-order valence-electron chi connectivity index (χ4n) is 1.73. The molecule has 1 rings (SSSR count). The maximum Gasteiger partial charge on any atom is 0.211 e. The number of hydrogen-bond acceptors (Lipinski definition) is 5. The zero-order valence-corrected chi connectivity index (χ0v) is 18.4. The van der Waals surface area contributed by atoms with E-state index in [4.69, 9.17) is 0 Å². The molecule has 0 amide bonds. The van der Waals surface area contributed by atoms with Crippen LogP contribution < -0.4 is 15.4 Å². The van der Waals surface area contributed by atoms with Crippen LogP contribution in [0.25, 0.3) is 0 Å². The van der Waals surface area contributed by atoms with Crippen molar-refractivity contribution in [2.45, 2.75) is 33.6 Å². The molecule has 1 aromatic rings. The molecule has 0 saturated carbocycles. The Morgan fingerprint density at radius 1 is 1.25 bits per heavy atom. The van der Waals surface area contributed by atoms with E-state index >= 15 is 0 Å². The maximum atomic E-state index is 11.3. The first-order valence-corrected chi connectivity index (χ1v) is 10.4. The van der Waals surface area contributed by atoms with Crippen molar-refractivity contribution in [3.63, 3.8) is 0 Å². The van der Waals surface area contributed by atoms with Crippen LogP contribution >= 0.6 is 35.3 Å². The largest absolute Gasteiger partial charge is 0.357 e. The minimum atomic E-state index is -3.15. The number of aryl methyl sites for hydroxylation is 1. The summed E-state index contributed by atoms with van der Waals surface area (Å²) in [5, 5.41) is 7.49. The first kappa shape index (κ1) is 23.5. The maximum absolute atomic E-state index is 11.3. The van der Waals surface area contributed by atoms with E-state index in [0.29, 0.717) is 19.0 Å². The molecule has 0 spiro atoms. The molecule has 24 heavy (non-hydrogen) atoms. The van der Waals surface area contributed by atoms with Gasteiger partial charge in [-0.3, -0.25) is 4.99 Å². The Balaban J connectivity index is 0.00000529. The fourth-order valence-corrected chi connectivity index (χ4v) is 3.20. The van der Waals surface area contributed by atoms with Crippen molar-refractivity contribution in [1.82, 2.24) is 20.3 Å². The quantitative estimate of drug-likeness (QED) is 0.200. The minimum Gasteiger partial charge on any atom is -0.357 e. The number of aliphatic imine (C=N–C) groups is 1. The van der Waals surface area contributed by atoms with Gasteiger partial charge in [-0.05, 0) is 20.3 Å². The van der Waals surface area contributed by atoms with Crippen LogP contribution in [0.3, 0.4) is 0 Å². The van der Waals surface area contributed by atoms with Gasteiger partial charge in [-0.25, -0.2) is 18.1 Å². The summed E-state index contributed by atoms with van der Waals surface area (Å²) in [7, 11) is -3.15. The lowest BCUT2D eigenvalue weighted by Crippen LogP contribution is -2.39. The summed E-state index contributed by atoms with van der Waals surface area (Å²) in [5.74, 6) is 0.776. The Morgan fingerprint density at radius 2 is 2.00 bits per heavy atom. The number of nitrogens with one attached hydrogen (secondary N) is 3. The average Bonchev–Trinajstić information content (AvgIpc) is 2.99. The summed E-state index contributed by atoms with van der Waals surface area (Å²) in [5.41, 5.74) is 0. The zero-order valence-electron chi connectivity index (χ0n) is 14.5. The third-order valence-corrected chi connectivity index (χ3v) is 5.61. The molecule has 0 saturated heterocycles. The molecule has 0 fully saturated rings. The number of hydrogen-bond donors (Lipinski definition) is 3. The van der Waals surface area contributed by atoms with Gasteiger partial charge < -0.3 is 10.6 Å². The van der Waals surface area contributed by atoms with Gasteiger partial charge in [-0.1, -0.05) is 6.92 Å². The Labute approximate surface area is 166 Å². The minimum absolute atomic E-state index is 0. The number of guanidine groups is 1. The van der Waals surface area contributed by atoms with Crippen molar-refractivity contribution < 1.29 is 8.42 Å². The number of rotatable bonds is 10. The SMILES string of the molecule is CCNC(=NCCNS(=O)(=O)CC)NCCc1ncc(CC)s1.I. The van der Waals surface area contributed by atoms with Crippen LogP contribution in [0.15, 0.2) is 11.2 Å². The smallest absolute Gasteiger partial charge is 0.211 e. The van der Waals surface area contributed by atoms with Crippen LogP contribution in [0.2, 0.25) is 0 Å². The Hall–Kier alpha value is -0.460. The molecule has 0 aliphatic heterocycles. The molecule has 0 bridgehead atoms. The van der Waals surface area contributed by atoms with E-state index in [2.05, 4.69) is 32.3 Å². The molecule has 3 N–H and O–H groups in total. The van der Waals surface area contributed by atoms with E-state index in [9.17, 15) is 8.42 Å². The Kier molecular flexibility index (Phi) is 12.6. The summed E-state index contributed by atoms with van der Waals surface area (Å²) in [4.78, 5) is 10.0. The van der Waals surface area contributed by atoms with Crippen LogP contribution in [-0.2, 0) is 22.9 Å². The number of halogens is 1. The molecule has 0 atom stereocenters. The van der Waals surface area contributed by atoms with Crippen LogP contribution in [-0.4, -0.2) is 51.3 Å². The van der Waals surface area contributed by atoms with Crippen molar-refractivity contribution in [1.29, 1.82) is 0 Å². The monoisotopic (exact) mass is 489 g/mol. The molecule has 0 aliphatic carbocycles. The lowest BCUT2D eigenvalue weighted by Gasteiger charge is -2.10. The van der Waals surface area contributed by atoms with Gasteiger partial charge in [-0.15, -0.1) is 35.3 Å². The average molecular weight is 489 g/mol. The van der Waals surface area contributed by atoms with E-state index in [-0.39, 0.29) is 29.7 Å². The van der Waals surface area contributed by atoms with E-state index in [1.165, 1.54) is 4.88 Å². The predicted octanol–water partition coefficient (Wildman–Crippen LogP) is 1.36. The van der Waals surface area contributed by atoms with Gasteiger partial charge in [0.25, 0.3) is 0 Å². The molecule has 140 valence electrons. The van der Waals surface area contributed by atoms with Crippen molar-refractivity contribution in [3.05, 3.63) is 16.1 Å². The molecule has 7 nitrogen and oxygen atoms in total. The Morgan fingerprint density at radius 3 is 2.58 bits per heavy atom. The van der Waals surface area contributed by atoms with Crippen molar-refractivity contribution >= 4 is 51.3 Å². The first-order valence-electron chi connectivity index (χ1n) is 7.93. The van der Waals surface area contributed by atoms with Crippen LogP contribution in [0, 0.1) is 0 Å². The molecule has 0 aromatic carbocycles. The van der Waals surface area contributed by atoms with Crippen molar-refractivity contribution in [2.75, 3.05) is 31.9 Å². The second-order valence-corrected chi connectivity index (χ2v) is 8.10. The van der Waals surface area contributed by atoms with Crippen molar-refractivity contribution in [2.24, 2.45) is 4.99 Å². The number of aromatic nitrogens is 1. The summed E-state index contributed by atoms with van der Waals surface area (Å²) in [6.45, 7) is 7.92. The summed E-state index contributed by atoms with van der Waals surface area (Å²) < 4.78 is 25.2. The normalized spacial score (nSPS) is 11.9. The highest BCUT2D eigenvalue weighted by Crippen LogP contribution is 2.13. The highest BCUT2D eigenvalue weighted by atomic mass is 127. The molecule has 0 unspecified atom stereocenters. The first-order chi connectivity index (χ1) is 11.0. The fraction of sp³-hybridized carbons (Fsp3) is 0.714. The third-order valence-electron chi connectivity index (χ3n) is 3.01. The third kappa shape index (κ3) is 9.74. The molecular weight excluding hydrogens is 461 g/mol. The van der Waals surface area contributed by atoms with Gasteiger partial charge in [0.2, 0.25) is 10.0 Å². The van der Waals surface area contributed by atoms with E-state index in [1.54, 1.807) is 18.3 Å². The lowest BCUT2D eigenvalue weighted by molar-refractivity contribution is 0.583. The lowest BCUT2D eigenvalue weighted by atomic mass is 10.4. The standard InChI is InChI=1S/C14H27N5O2S2.HI/c1-4-12-11-18-13(22-12)7-8-16-14(15-5-2)17-9-10-19-23(20,21)6-3;/h11,19H,4-10H2,1-3H3,(H2,15,16,17);1H. The number of nitrogens with zero attached hydrogens (tertiary/aromatic N) is 2. The molecule has 0 radical (unpaired) electrons. The predicted molar refractivity (Wildman–Crippen MR) is 112 cm³/mol. The van der Waals surface area contributed by atoms with E-state index in [0.717, 1.165) is 30.9 Å². The number of thiazole rings is 1. The van der Waals surface area contributed by atoms with Gasteiger partial charge in [0.15, 0.2) is 5.96 Å². The van der Waals surface area contributed by atoms with Crippen LogP contribution in [0.1, 0.15) is 30.7 Å². The van der Waals surface area contributed by atoms with E-state index in [1.807, 2.05) is 13.1 Å². The second-order valence-electron chi connectivity index (χ2n) is 4.81. The van der Waals surface area contributed by atoms with Crippen molar-refractivity contribution in [3.8, 4) is 0 Å². The van der Waals surface area contributed by atoms with E-state index < -0.39 is 10.0 Å². The zero-order chi connectivity index (χ0) is 17.1. The summed E-state index contributed by atoms with van der Waals surface area (Å²) >= 11 is 1.74. The van der Waals surface area contributed by atoms with Crippen LogP contribution in [0.4, 0.5) is 0 Å². The van der Waals surface area contributed by atoms with Gasteiger partial charge in [0.05, 0.1) is 17.3 Å². The topological polar surface area (TPSA) is 95.5 Å². The highest BCUT2D eigenvalue weighted by molar-refractivity contribution is 14.0. The molecular formula is C14H28IN5O2S2. The van der Waals surface area contributed by atoms with Crippen LogP contribution in [0.5, 0.6) is 0 Å². The Bertz CT molecular complexity index is 590. The highest BCUT2D eigenvalue weighted by Gasteiger charge is 2.05. The second kappa shape index (κ2) is 12.8. The van der Waals surface area contributed by atoms with Gasteiger partial charge in [0.1, 0.15) is 0 Å². The number of sulfonamides is 1. The summed E-state index contributed by atoms with van der Waals surface area (Å²) in [6, 6.07) is 0. The van der Waals surface area contributed by atoms with Gasteiger partial charge in [0, 0.05) is 37.1 Å². The van der Waals surface area contributed by atoms with Gasteiger partial charge >= 0.3 is 0 Å². The molecule has 1 aromatic heterocycles.